The third-order valence-corrected chi connectivity index (χ3v) is 7.27. The summed E-state index contributed by atoms with van der Waals surface area (Å²) in [6, 6.07) is 12.4. The molecule has 0 aliphatic rings. The predicted molar refractivity (Wildman–Crippen MR) is 167 cm³/mol. The molecule has 0 radical (unpaired) electrons. The first-order valence-electron chi connectivity index (χ1n) is 14.1. The van der Waals surface area contributed by atoms with Crippen molar-refractivity contribution in [1.29, 1.82) is 0 Å². The van der Waals surface area contributed by atoms with Crippen LogP contribution in [0, 0.1) is 6.57 Å². The molecular formula is C33H39N5O6. The summed E-state index contributed by atoms with van der Waals surface area (Å²) < 4.78 is 28.8. The molecule has 4 aromatic rings. The molecule has 4 rings (SSSR count). The van der Waals surface area contributed by atoms with Crippen molar-refractivity contribution >= 4 is 16.6 Å². The number of methoxy groups -OCH3 is 4. The fourth-order valence-electron chi connectivity index (χ4n) is 5.24. The lowest BCUT2D eigenvalue weighted by molar-refractivity contribution is 0.00252. The van der Waals surface area contributed by atoms with Crippen LogP contribution in [0.4, 0.5) is 5.69 Å². The average molecular weight is 602 g/mol. The SMILES string of the molecule is [C-]#[N+]c1ccc2nc(OC)c(C(c3cc(OC(C)C)cnc3OC)C(O)(CCN(C)C)c3cc(OC)nc(OC)c3)cc2c1. The van der Waals surface area contributed by atoms with Crippen molar-refractivity contribution in [2.24, 2.45) is 0 Å². The largest absolute Gasteiger partial charge is 0.489 e. The maximum absolute atomic E-state index is 13.2. The second-order valence-electron chi connectivity index (χ2n) is 10.9. The first-order valence-corrected chi connectivity index (χ1v) is 14.1. The lowest BCUT2D eigenvalue weighted by Crippen LogP contribution is -2.38. The topological polar surface area (TPSA) is 113 Å². The van der Waals surface area contributed by atoms with E-state index in [0.717, 1.165) is 0 Å². The van der Waals surface area contributed by atoms with E-state index in [9.17, 15) is 5.11 Å². The van der Waals surface area contributed by atoms with Crippen LogP contribution in [0.3, 0.4) is 0 Å². The molecule has 1 N–H and O–H groups in total. The minimum atomic E-state index is -1.65. The van der Waals surface area contributed by atoms with Crippen LogP contribution in [0.15, 0.2) is 48.7 Å². The van der Waals surface area contributed by atoms with E-state index in [1.807, 2.05) is 45.0 Å². The van der Waals surface area contributed by atoms with Crippen molar-refractivity contribution in [2.75, 3.05) is 49.1 Å². The quantitative estimate of drug-likeness (QED) is 0.201. The molecule has 3 heterocycles. The highest BCUT2D eigenvalue weighted by Crippen LogP contribution is 2.50. The van der Waals surface area contributed by atoms with Gasteiger partial charge in [0.15, 0.2) is 5.69 Å². The number of benzene rings is 1. The zero-order valence-corrected chi connectivity index (χ0v) is 26.4. The molecule has 0 amide bonds. The van der Waals surface area contributed by atoms with E-state index in [0.29, 0.717) is 57.3 Å². The standard InChI is InChI=1S/C33H39N5O6/c1-20(2)44-24-18-26(31(42-8)35-19-24)30(25-15-21-14-23(34-3)10-11-27(21)36-32(25)43-9)33(39,12-13-38(4)5)22-16-28(40-6)37-29(17-22)41-7/h10-11,14-20,30,39H,12-13H2,1-2,4-9H3. The van der Waals surface area contributed by atoms with Gasteiger partial charge >= 0.3 is 0 Å². The van der Waals surface area contributed by atoms with Crippen LogP contribution in [0.1, 0.15) is 42.9 Å². The van der Waals surface area contributed by atoms with Gasteiger partial charge in [-0.15, -0.1) is 0 Å². The van der Waals surface area contributed by atoms with Crippen molar-refractivity contribution in [3.63, 3.8) is 0 Å². The summed E-state index contributed by atoms with van der Waals surface area (Å²) in [6.07, 6.45) is 1.72. The van der Waals surface area contributed by atoms with Crippen LogP contribution in [0.25, 0.3) is 15.7 Å². The summed E-state index contributed by atoms with van der Waals surface area (Å²) >= 11 is 0. The van der Waals surface area contributed by atoms with Gasteiger partial charge < -0.3 is 33.7 Å². The van der Waals surface area contributed by atoms with E-state index in [2.05, 4.69) is 14.8 Å². The Balaban J connectivity index is 2.16. The van der Waals surface area contributed by atoms with Gasteiger partial charge in [0.1, 0.15) is 11.4 Å². The van der Waals surface area contributed by atoms with Gasteiger partial charge in [0.25, 0.3) is 0 Å². The second-order valence-corrected chi connectivity index (χ2v) is 10.9. The molecule has 0 fully saturated rings. The average Bonchev–Trinajstić information content (AvgIpc) is 3.02. The Labute approximate surface area is 258 Å². The van der Waals surface area contributed by atoms with Gasteiger partial charge in [-0.05, 0) is 69.6 Å². The van der Waals surface area contributed by atoms with Crippen LogP contribution in [-0.4, -0.2) is 80.1 Å². The molecule has 0 aliphatic heterocycles. The molecule has 44 heavy (non-hydrogen) atoms. The highest BCUT2D eigenvalue weighted by Gasteiger charge is 2.45. The fraction of sp³-hybridized carbons (Fsp3) is 0.394. The number of hydrogen-bond donors (Lipinski definition) is 1. The summed E-state index contributed by atoms with van der Waals surface area (Å²) in [6.45, 7) is 11.9. The minimum absolute atomic E-state index is 0.123. The van der Waals surface area contributed by atoms with E-state index >= 15 is 0 Å². The highest BCUT2D eigenvalue weighted by molar-refractivity contribution is 5.84. The van der Waals surface area contributed by atoms with Gasteiger partial charge in [-0.3, -0.25) is 0 Å². The van der Waals surface area contributed by atoms with Crippen LogP contribution >= 0.6 is 0 Å². The van der Waals surface area contributed by atoms with Crippen LogP contribution in [0.2, 0.25) is 0 Å². The molecule has 1 aromatic carbocycles. The zero-order chi connectivity index (χ0) is 32.0. The molecule has 232 valence electrons. The number of aliphatic hydroxyl groups is 1. The lowest BCUT2D eigenvalue weighted by atomic mass is 9.72. The van der Waals surface area contributed by atoms with Gasteiger partial charge in [-0.1, -0.05) is 6.07 Å². The zero-order valence-electron chi connectivity index (χ0n) is 26.4. The maximum Gasteiger partial charge on any atom is 0.217 e. The van der Waals surface area contributed by atoms with E-state index in [4.69, 9.17) is 35.2 Å². The summed E-state index contributed by atoms with van der Waals surface area (Å²) in [4.78, 5) is 19.4. The maximum atomic E-state index is 13.2. The number of rotatable bonds is 13. The molecule has 11 heteroatoms. The smallest absolute Gasteiger partial charge is 0.217 e. The van der Waals surface area contributed by atoms with Crippen molar-refractivity contribution in [3.8, 4) is 29.3 Å². The number of pyridine rings is 3. The van der Waals surface area contributed by atoms with Crippen LogP contribution in [0.5, 0.6) is 29.3 Å². The first kappa shape index (κ1) is 32.3. The van der Waals surface area contributed by atoms with Crippen LogP contribution < -0.4 is 23.7 Å². The number of nitrogens with zero attached hydrogens (tertiary/aromatic N) is 5. The van der Waals surface area contributed by atoms with E-state index in [1.54, 1.807) is 36.5 Å². The number of aromatic nitrogens is 3. The normalized spacial score (nSPS) is 13.3. The van der Waals surface area contributed by atoms with Gasteiger partial charge in [-0.2, -0.15) is 4.98 Å². The molecule has 0 bridgehead atoms. The first-order chi connectivity index (χ1) is 21.1. The minimum Gasteiger partial charge on any atom is -0.489 e. The van der Waals surface area contributed by atoms with Crippen molar-refractivity contribution in [2.45, 2.75) is 37.9 Å². The number of ether oxygens (including phenoxy) is 5. The molecule has 0 spiro atoms. The molecule has 2 atom stereocenters. The Morgan fingerprint density at radius 1 is 0.886 bits per heavy atom. The van der Waals surface area contributed by atoms with E-state index in [1.165, 1.54) is 28.4 Å². The summed E-state index contributed by atoms with van der Waals surface area (Å²) in [5.41, 5.74) is 1.04. The van der Waals surface area contributed by atoms with Crippen molar-refractivity contribution in [1.82, 2.24) is 19.9 Å². The molecule has 0 saturated carbocycles. The Morgan fingerprint density at radius 2 is 1.55 bits per heavy atom. The van der Waals surface area contributed by atoms with Gasteiger partial charge in [0, 0.05) is 29.8 Å². The monoisotopic (exact) mass is 601 g/mol. The highest BCUT2D eigenvalue weighted by atomic mass is 16.5. The predicted octanol–water partition coefficient (Wildman–Crippen LogP) is 5.37. The Hall–Kier alpha value is -4.66. The van der Waals surface area contributed by atoms with E-state index < -0.39 is 11.5 Å². The van der Waals surface area contributed by atoms with Crippen molar-refractivity contribution < 1.29 is 28.8 Å². The summed E-state index contributed by atoms with van der Waals surface area (Å²) in [5, 5.41) is 13.9. The van der Waals surface area contributed by atoms with Gasteiger partial charge in [0.2, 0.25) is 23.5 Å². The number of fused-ring (bicyclic) bond motifs is 1. The summed E-state index contributed by atoms with van der Waals surface area (Å²) in [5.74, 6) is 0.762. The van der Waals surface area contributed by atoms with E-state index in [-0.39, 0.29) is 24.3 Å². The number of hydrogen-bond acceptors (Lipinski definition) is 10. The molecule has 2 unspecified atom stereocenters. The molecular weight excluding hydrogens is 562 g/mol. The Morgan fingerprint density at radius 3 is 2.11 bits per heavy atom. The fourth-order valence-corrected chi connectivity index (χ4v) is 5.24. The molecule has 0 aliphatic carbocycles. The molecule has 11 nitrogen and oxygen atoms in total. The van der Waals surface area contributed by atoms with Gasteiger partial charge in [-0.25, -0.2) is 14.8 Å². The second kappa shape index (κ2) is 13.8. The molecule has 0 saturated heterocycles. The van der Waals surface area contributed by atoms with Crippen LogP contribution in [-0.2, 0) is 5.60 Å². The third-order valence-electron chi connectivity index (χ3n) is 7.27. The Bertz CT molecular complexity index is 1630. The third kappa shape index (κ3) is 6.77. The summed E-state index contributed by atoms with van der Waals surface area (Å²) in [7, 11) is 9.95. The Kier molecular flexibility index (Phi) is 10.1. The molecule has 3 aromatic heterocycles. The lowest BCUT2D eigenvalue weighted by Gasteiger charge is -2.39. The van der Waals surface area contributed by atoms with Gasteiger partial charge in [0.05, 0.1) is 58.7 Å². The van der Waals surface area contributed by atoms with Crippen molar-refractivity contribution in [3.05, 3.63) is 76.8 Å².